The summed E-state index contributed by atoms with van der Waals surface area (Å²) in [6.45, 7) is 0.328. The molecule has 0 bridgehead atoms. The molecule has 0 atom stereocenters. The van der Waals surface area contributed by atoms with E-state index in [1.165, 1.54) is 0 Å². The maximum atomic E-state index is 10.8. The molecule has 0 aliphatic carbocycles. The molecule has 1 N–H and O–H groups in total. The fourth-order valence-corrected chi connectivity index (χ4v) is 1.28. The van der Waals surface area contributed by atoms with Crippen LogP contribution in [0.1, 0.15) is 11.1 Å². The Morgan fingerprint density at radius 2 is 2.17 bits per heavy atom. The minimum atomic E-state index is -0.229. The zero-order valence-corrected chi connectivity index (χ0v) is 6.41. The van der Waals surface area contributed by atoms with Gasteiger partial charge in [0.1, 0.15) is 12.4 Å². The number of esters is 1. The molecule has 3 nitrogen and oxygen atoms in total. The largest absolute Gasteiger partial charge is 0.508 e. The van der Waals surface area contributed by atoms with Gasteiger partial charge in [-0.1, -0.05) is 6.07 Å². The van der Waals surface area contributed by atoms with Crippen molar-refractivity contribution in [1.29, 1.82) is 0 Å². The van der Waals surface area contributed by atoms with E-state index in [4.69, 9.17) is 9.84 Å². The van der Waals surface area contributed by atoms with Gasteiger partial charge in [0.2, 0.25) is 0 Å². The molecule has 0 amide bonds. The number of benzene rings is 1. The van der Waals surface area contributed by atoms with Crippen molar-refractivity contribution >= 4 is 5.97 Å². The molecule has 0 fully saturated rings. The molecule has 62 valence electrons. The van der Waals surface area contributed by atoms with Crippen molar-refractivity contribution in [3.8, 4) is 5.75 Å². The first-order valence-corrected chi connectivity index (χ1v) is 3.72. The second-order valence-corrected chi connectivity index (χ2v) is 2.79. The van der Waals surface area contributed by atoms with Gasteiger partial charge in [-0.25, -0.2) is 0 Å². The molecule has 0 aromatic heterocycles. The van der Waals surface area contributed by atoms with Crippen LogP contribution in [0.25, 0.3) is 0 Å². The molecular weight excluding hydrogens is 156 g/mol. The van der Waals surface area contributed by atoms with Crippen molar-refractivity contribution in [1.82, 2.24) is 0 Å². The summed E-state index contributed by atoms with van der Waals surface area (Å²) in [5, 5.41) is 9.12. The highest BCUT2D eigenvalue weighted by Crippen LogP contribution is 2.21. The van der Waals surface area contributed by atoms with Crippen molar-refractivity contribution in [2.45, 2.75) is 13.0 Å². The Hall–Kier alpha value is -1.51. The number of hydrogen-bond acceptors (Lipinski definition) is 3. The van der Waals surface area contributed by atoms with Crippen LogP contribution in [0, 0.1) is 0 Å². The first kappa shape index (κ1) is 7.16. The number of hydrogen-bond donors (Lipinski definition) is 1. The number of carbonyl (C=O) groups is 1. The molecule has 1 heterocycles. The summed E-state index contributed by atoms with van der Waals surface area (Å²) >= 11 is 0. The number of carbonyl (C=O) groups excluding carboxylic acids is 1. The van der Waals surface area contributed by atoms with Crippen LogP contribution in [0.5, 0.6) is 5.75 Å². The van der Waals surface area contributed by atoms with Gasteiger partial charge in [-0.2, -0.15) is 0 Å². The van der Waals surface area contributed by atoms with Crippen LogP contribution in [-0.2, 0) is 22.6 Å². The summed E-state index contributed by atoms with van der Waals surface area (Å²) in [6, 6.07) is 4.98. The second kappa shape index (κ2) is 2.52. The van der Waals surface area contributed by atoms with E-state index in [0.29, 0.717) is 6.61 Å². The summed E-state index contributed by atoms with van der Waals surface area (Å²) < 4.78 is 4.82. The standard InChI is InChI=1S/C9H8O3/c10-8-2-1-6-5-12-9(11)4-7(6)3-8/h1-3,10H,4-5H2. The highest BCUT2D eigenvalue weighted by molar-refractivity contribution is 5.74. The van der Waals surface area contributed by atoms with Crippen LogP contribution in [0.15, 0.2) is 18.2 Å². The van der Waals surface area contributed by atoms with Gasteiger partial charge >= 0.3 is 5.97 Å². The number of ether oxygens (including phenoxy) is 1. The highest BCUT2D eigenvalue weighted by Gasteiger charge is 2.16. The molecule has 1 aliphatic heterocycles. The maximum Gasteiger partial charge on any atom is 0.310 e. The topological polar surface area (TPSA) is 46.5 Å². The number of fused-ring (bicyclic) bond motifs is 1. The van der Waals surface area contributed by atoms with E-state index in [2.05, 4.69) is 0 Å². The Kier molecular flexibility index (Phi) is 1.50. The number of phenols is 1. The Labute approximate surface area is 69.6 Å². The molecule has 2 rings (SSSR count). The van der Waals surface area contributed by atoms with Gasteiger partial charge in [-0.3, -0.25) is 4.79 Å². The minimum Gasteiger partial charge on any atom is -0.508 e. The van der Waals surface area contributed by atoms with E-state index >= 15 is 0 Å². The molecule has 12 heavy (non-hydrogen) atoms. The summed E-state index contributed by atoms with van der Waals surface area (Å²) in [5.41, 5.74) is 1.85. The van der Waals surface area contributed by atoms with Crippen molar-refractivity contribution in [2.24, 2.45) is 0 Å². The summed E-state index contributed by atoms with van der Waals surface area (Å²) in [4.78, 5) is 10.8. The predicted molar refractivity (Wildman–Crippen MR) is 41.6 cm³/mol. The first-order chi connectivity index (χ1) is 5.75. The van der Waals surface area contributed by atoms with E-state index < -0.39 is 0 Å². The third-order valence-corrected chi connectivity index (χ3v) is 1.91. The van der Waals surface area contributed by atoms with Gasteiger partial charge in [0.05, 0.1) is 6.42 Å². The Balaban J connectivity index is 2.44. The molecule has 3 heteroatoms. The smallest absolute Gasteiger partial charge is 0.310 e. The molecule has 0 saturated heterocycles. The molecule has 1 aromatic rings. The summed E-state index contributed by atoms with van der Waals surface area (Å²) in [7, 11) is 0. The zero-order valence-electron chi connectivity index (χ0n) is 6.41. The quantitative estimate of drug-likeness (QED) is 0.581. The molecule has 1 aliphatic rings. The minimum absolute atomic E-state index is 0.198. The summed E-state index contributed by atoms with van der Waals surface area (Å²) in [5.74, 6) is -0.0310. The lowest BCUT2D eigenvalue weighted by molar-refractivity contribution is -0.145. The van der Waals surface area contributed by atoms with Crippen LogP contribution in [0.2, 0.25) is 0 Å². The highest BCUT2D eigenvalue weighted by atomic mass is 16.5. The number of aromatic hydroxyl groups is 1. The molecule has 0 spiro atoms. The second-order valence-electron chi connectivity index (χ2n) is 2.79. The maximum absolute atomic E-state index is 10.8. The van der Waals surface area contributed by atoms with Gasteiger partial charge in [0.25, 0.3) is 0 Å². The first-order valence-electron chi connectivity index (χ1n) is 3.72. The Morgan fingerprint density at radius 1 is 1.33 bits per heavy atom. The van der Waals surface area contributed by atoms with Crippen LogP contribution in [0.3, 0.4) is 0 Å². The van der Waals surface area contributed by atoms with E-state index in [-0.39, 0.29) is 18.1 Å². The third-order valence-electron chi connectivity index (χ3n) is 1.91. The zero-order chi connectivity index (χ0) is 8.55. The normalized spacial score (nSPS) is 15.2. The molecule has 0 saturated carbocycles. The van der Waals surface area contributed by atoms with Crippen molar-refractivity contribution in [3.05, 3.63) is 29.3 Å². The number of rotatable bonds is 0. The lowest BCUT2D eigenvalue weighted by Gasteiger charge is -2.15. The van der Waals surface area contributed by atoms with Crippen LogP contribution in [0.4, 0.5) is 0 Å². The van der Waals surface area contributed by atoms with Gasteiger partial charge < -0.3 is 9.84 Å². The van der Waals surface area contributed by atoms with Crippen LogP contribution >= 0.6 is 0 Å². The van der Waals surface area contributed by atoms with Crippen molar-refractivity contribution < 1.29 is 14.6 Å². The lowest BCUT2D eigenvalue weighted by Crippen LogP contribution is -2.15. The fourth-order valence-electron chi connectivity index (χ4n) is 1.28. The monoisotopic (exact) mass is 164 g/mol. The predicted octanol–water partition coefficient (Wildman–Crippen LogP) is 0.992. The van der Waals surface area contributed by atoms with Gasteiger partial charge in [-0.15, -0.1) is 0 Å². The average molecular weight is 164 g/mol. The lowest BCUT2D eigenvalue weighted by atomic mass is 10.0. The molecule has 1 aromatic carbocycles. The average Bonchev–Trinajstić information content (AvgIpc) is 2.03. The molecular formula is C9H8O3. The van der Waals surface area contributed by atoms with Crippen LogP contribution < -0.4 is 0 Å². The van der Waals surface area contributed by atoms with Crippen molar-refractivity contribution in [3.63, 3.8) is 0 Å². The van der Waals surface area contributed by atoms with E-state index in [0.717, 1.165) is 11.1 Å². The van der Waals surface area contributed by atoms with E-state index in [1.807, 2.05) is 0 Å². The third kappa shape index (κ3) is 1.13. The van der Waals surface area contributed by atoms with Gasteiger partial charge in [0.15, 0.2) is 0 Å². The SMILES string of the molecule is O=C1Cc2cc(O)ccc2CO1. The molecule has 0 unspecified atom stereocenters. The van der Waals surface area contributed by atoms with Crippen molar-refractivity contribution in [2.75, 3.05) is 0 Å². The Morgan fingerprint density at radius 3 is 3.00 bits per heavy atom. The number of cyclic esters (lactones) is 1. The number of phenolic OH excluding ortho intramolecular Hbond substituents is 1. The van der Waals surface area contributed by atoms with Crippen LogP contribution in [-0.4, -0.2) is 11.1 Å². The fraction of sp³-hybridized carbons (Fsp3) is 0.222. The Bertz CT molecular complexity index is 331. The summed E-state index contributed by atoms with van der Waals surface area (Å²) in [6.07, 6.45) is 0.268. The van der Waals surface area contributed by atoms with E-state index in [9.17, 15) is 4.79 Å². The van der Waals surface area contributed by atoms with Gasteiger partial charge in [-0.05, 0) is 23.3 Å². The van der Waals surface area contributed by atoms with E-state index in [1.54, 1.807) is 18.2 Å². The van der Waals surface area contributed by atoms with Gasteiger partial charge in [0, 0.05) is 0 Å². The molecule has 0 radical (unpaired) electrons.